The fourth-order valence-corrected chi connectivity index (χ4v) is 2.84. The summed E-state index contributed by atoms with van der Waals surface area (Å²) in [6.45, 7) is 7.55. The van der Waals surface area contributed by atoms with E-state index < -0.39 is 17.9 Å². The maximum absolute atomic E-state index is 12.6. The molecular formula is C21H25NO5. The Hall–Kier alpha value is -3.02. The number of carboxylic acids is 1. The topological polar surface area (TPSA) is 84.9 Å². The maximum atomic E-state index is 12.6. The van der Waals surface area contributed by atoms with Crippen molar-refractivity contribution in [1.29, 1.82) is 0 Å². The van der Waals surface area contributed by atoms with Crippen molar-refractivity contribution in [3.05, 3.63) is 58.7 Å². The van der Waals surface area contributed by atoms with Gasteiger partial charge in [-0.1, -0.05) is 29.3 Å². The first-order chi connectivity index (χ1) is 12.7. The number of ether oxygens (including phenoxy) is 2. The number of benzene rings is 2. The van der Waals surface area contributed by atoms with Gasteiger partial charge in [0.15, 0.2) is 17.5 Å². The summed E-state index contributed by atoms with van der Waals surface area (Å²) in [5.41, 5.74) is 2.68. The first-order valence-electron chi connectivity index (χ1n) is 8.67. The molecular weight excluding hydrogens is 346 g/mol. The fourth-order valence-electron chi connectivity index (χ4n) is 2.84. The van der Waals surface area contributed by atoms with Crippen LogP contribution in [0, 0.1) is 13.8 Å². The van der Waals surface area contributed by atoms with Crippen LogP contribution in [0.4, 0.5) is 0 Å². The molecule has 0 radical (unpaired) electrons. The number of aryl methyl sites for hydroxylation is 2. The Morgan fingerprint density at radius 2 is 1.63 bits per heavy atom. The number of carboxylic acid groups (broad SMARTS) is 1. The first-order valence-corrected chi connectivity index (χ1v) is 8.67. The van der Waals surface area contributed by atoms with E-state index in [9.17, 15) is 14.7 Å². The molecule has 2 N–H and O–H groups in total. The van der Waals surface area contributed by atoms with Crippen LogP contribution in [0.15, 0.2) is 36.4 Å². The number of carbonyl (C=O) groups is 2. The molecule has 0 aliphatic rings. The van der Waals surface area contributed by atoms with Gasteiger partial charge in [-0.05, 0) is 51.5 Å². The molecule has 0 saturated carbocycles. The highest BCUT2D eigenvalue weighted by Crippen LogP contribution is 2.29. The van der Waals surface area contributed by atoms with Crippen molar-refractivity contribution in [2.75, 3.05) is 7.11 Å². The second-order valence-corrected chi connectivity index (χ2v) is 6.70. The normalized spacial score (nSPS) is 11.8. The molecule has 1 atom stereocenters. The molecule has 0 aliphatic carbocycles. The zero-order chi connectivity index (χ0) is 20.1. The summed E-state index contributed by atoms with van der Waals surface area (Å²) in [5.74, 6) is -0.696. The van der Waals surface area contributed by atoms with Crippen LogP contribution in [0.5, 0.6) is 11.5 Å². The molecule has 0 heterocycles. The van der Waals surface area contributed by atoms with E-state index in [4.69, 9.17) is 9.47 Å². The van der Waals surface area contributed by atoms with E-state index in [1.54, 1.807) is 24.3 Å². The molecule has 0 fully saturated rings. The van der Waals surface area contributed by atoms with Crippen molar-refractivity contribution in [3.63, 3.8) is 0 Å². The summed E-state index contributed by atoms with van der Waals surface area (Å²) in [5, 5.41) is 12.2. The molecule has 0 aromatic heterocycles. The molecule has 1 amide bonds. The zero-order valence-electron chi connectivity index (χ0n) is 16.2. The summed E-state index contributed by atoms with van der Waals surface area (Å²) in [4.78, 5) is 24.4. The van der Waals surface area contributed by atoms with Gasteiger partial charge in [-0.25, -0.2) is 4.79 Å². The van der Waals surface area contributed by atoms with Gasteiger partial charge >= 0.3 is 5.97 Å². The summed E-state index contributed by atoms with van der Waals surface area (Å²) in [6.07, 6.45) is -0.0421. The van der Waals surface area contributed by atoms with Crippen LogP contribution in [0.3, 0.4) is 0 Å². The lowest BCUT2D eigenvalue weighted by molar-refractivity contribution is -0.139. The summed E-state index contributed by atoms with van der Waals surface area (Å²) in [6, 6.07) is 9.07. The highest BCUT2D eigenvalue weighted by atomic mass is 16.5. The van der Waals surface area contributed by atoms with Crippen LogP contribution in [0.25, 0.3) is 0 Å². The van der Waals surface area contributed by atoms with Gasteiger partial charge in [-0.2, -0.15) is 0 Å². The molecule has 0 bridgehead atoms. The smallest absolute Gasteiger partial charge is 0.330 e. The Kier molecular flexibility index (Phi) is 6.45. The van der Waals surface area contributed by atoms with Gasteiger partial charge in [0.2, 0.25) is 0 Å². The predicted molar refractivity (Wildman–Crippen MR) is 103 cm³/mol. The minimum atomic E-state index is -1.14. The number of carbonyl (C=O) groups excluding carboxylic acids is 1. The lowest BCUT2D eigenvalue weighted by Gasteiger charge is -2.18. The SMILES string of the molecule is COc1cc(C(=O)NC(C(=O)O)c2cc(C)cc(C)c2)ccc1OC(C)C. The number of amides is 1. The van der Waals surface area contributed by atoms with Gasteiger partial charge in [-0.3, -0.25) is 4.79 Å². The molecule has 2 aromatic carbocycles. The molecule has 27 heavy (non-hydrogen) atoms. The van der Waals surface area contributed by atoms with Gasteiger partial charge < -0.3 is 19.9 Å². The monoisotopic (exact) mass is 371 g/mol. The van der Waals surface area contributed by atoms with Crippen molar-refractivity contribution in [2.24, 2.45) is 0 Å². The number of rotatable bonds is 7. The third-order valence-electron chi connectivity index (χ3n) is 3.89. The van der Waals surface area contributed by atoms with Crippen molar-refractivity contribution >= 4 is 11.9 Å². The fraction of sp³-hybridized carbons (Fsp3) is 0.333. The van der Waals surface area contributed by atoms with E-state index >= 15 is 0 Å². The maximum Gasteiger partial charge on any atom is 0.330 e. The van der Waals surface area contributed by atoms with Crippen LogP contribution in [-0.4, -0.2) is 30.2 Å². The molecule has 0 spiro atoms. The van der Waals surface area contributed by atoms with Crippen LogP contribution in [0.1, 0.15) is 46.9 Å². The van der Waals surface area contributed by atoms with Crippen LogP contribution in [-0.2, 0) is 4.79 Å². The van der Waals surface area contributed by atoms with E-state index in [2.05, 4.69) is 5.32 Å². The largest absolute Gasteiger partial charge is 0.493 e. The van der Waals surface area contributed by atoms with E-state index in [0.717, 1.165) is 11.1 Å². The highest BCUT2D eigenvalue weighted by molar-refractivity contribution is 5.97. The van der Waals surface area contributed by atoms with Crippen LogP contribution in [0.2, 0.25) is 0 Å². The van der Waals surface area contributed by atoms with Gasteiger partial charge in [0, 0.05) is 5.56 Å². The predicted octanol–water partition coefficient (Wildman–Crippen LogP) is 3.65. The number of aliphatic carboxylic acids is 1. The number of nitrogens with one attached hydrogen (secondary N) is 1. The molecule has 2 aromatic rings. The Morgan fingerprint density at radius 1 is 1.00 bits per heavy atom. The number of hydrogen-bond donors (Lipinski definition) is 2. The third kappa shape index (κ3) is 5.23. The standard InChI is InChI=1S/C21H25NO5/c1-12(2)27-17-7-6-15(11-18(17)26-5)20(23)22-19(21(24)25)16-9-13(3)8-14(4)10-16/h6-12,19H,1-5H3,(H,22,23)(H,24,25). The lowest BCUT2D eigenvalue weighted by Crippen LogP contribution is -2.33. The first kappa shape index (κ1) is 20.3. The Balaban J connectivity index is 2.29. The van der Waals surface area contributed by atoms with Crippen LogP contribution < -0.4 is 14.8 Å². The van der Waals surface area contributed by atoms with Gasteiger partial charge in [0.05, 0.1) is 13.2 Å². The van der Waals surface area contributed by atoms with Gasteiger partial charge in [-0.15, -0.1) is 0 Å². The van der Waals surface area contributed by atoms with Crippen molar-refractivity contribution in [1.82, 2.24) is 5.32 Å². The summed E-state index contributed by atoms with van der Waals surface area (Å²) < 4.78 is 10.9. The molecule has 0 saturated heterocycles. The van der Waals surface area contributed by atoms with Crippen molar-refractivity contribution in [2.45, 2.75) is 39.8 Å². The zero-order valence-corrected chi connectivity index (χ0v) is 16.2. The number of methoxy groups -OCH3 is 1. The minimum Gasteiger partial charge on any atom is -0.493 e. The van der Waals surface area contributed by atoms with Gasteiger partial charge in [0.25, 0.3) is 5.91 Å². The molecule has 1 unspecified atom stereocenters. The summed E-state index contributed by atoms with van der Waals surface area (Å²) in [7, 11) is 1.49. The van der Waals surface area contributed by atoms with Gasteiger partial charge in [0.1, 0.15) is 0 Å². The van der Waals surface area contributed by atoms with Crippen molar-refractivity contribution < 1.29 is 24.2 Å². The average molecular weight is 371 g/mol. The molecule has 2 rings (SSSR count). The second-order valence-electron chi connectivity index (χ2n) is 6.70. The molecule has 6 heteroatoms. The molecule has 0 aliphatic heterocycles. The third-order valence-corrected chi connectivity index (χ3v) is 3.89. The second kappa shape index (κ2) is 8.58. The lowest BCUT2D eigenvalue weighted by atomic mass is 10.0. The summed E-state index contributed by atoms with van der Waals surface area (Å²) >= 11 is 0. The van der Waals surface area contributed by atoms with E-state index in [1.165, 1.54) is 13.2 Å². The Bertz CT molecular complexity index is 824. The Labute approximate surface area is 159 Å². The average Bonchev–Trinajstić information content (AvgIpc) is 2.58. The quantitative estimate of drug-likeness (QED) is 0.776. The highest BCUT2D eigenvalue weighted by Gasteiger charge is 2.24. The molecule has 144 valence electrons. The van der Waals surface area contributed by atoms with Crippen LogP contribution >= 0.6 is 0 Å². The molecule has 6 nitrogen and oxygen atoms in total. The van der Waals surface area contributed by atoms with E-state index in [-0.39, 0.29) is 6.10 Å². The van der Waals surface area contributed by atoms with E-state index in [1.807, 2.05) is 33.8 Å². The Morgan fingerprint density at radius 3 is 2.15 bits per heavy atom. The minimum absolute atomic E-state index is 0.0421. The van der Waals surface area contributed by atoms with Crippen molar-refractivity contribution in [3.8, 4) is 11.5 Å². The van der Waals surface area contributed by atoms with E-state index in [0.29, 0.717) is 22.6 Å². The number of hydrogen-bond acceptors (Lipinski definition) is 4.